The molecule has 2 aromatic rings. The van der Waals surface area contributed by atoms with Gasteiger partial charge in [0, 0.05) is 11.8 Å². The first-order chi connectivity index (χ1) is 12.1. The average Bonchev–Trinajstić information content (AvgIpc) is 2.62. The third-order valence-electron chi connectivity index (χ3n) is 3.40. The van der Waals surface area contributed by atoms with Gasteiger partial charge in [-0.05, 0) is 24.6 Å². The standard InChI is InChI=1S/C19H22N2O4/c1-3-25-16-10-9-15(12-17(16)24-2)21-19(23)13-20-18(22)11-14-7-5-4-6-8-14/h4-10,12H,3,11,13H2,1-2H3,(H,20,22)(H,21,23). The van der Waals surface area contributed by atoms with Gasteiger partial charge in [-0.15, -0.1) is 0 Å². The Balaban J connectivity index is 1.84. The van der Waals surface area contributed by atoms with Crippen LogP contribution >= 0.6 is 0 Å². The lowest BCUT2D eigenvalue weighted by Crippen LogP contribution is -2.33. The van der Waals surface area contributed by atoms with E-state index < -0.39 is 0 Å². The van der Waals surface area contributed by atoms with Crippen molar-refractivity contribution in [1.29, 1.82) is 0 Å². The number of hydrogen-bond acceptors (Lipinski definition) is 4. The molecule has 0 saturated carbocycles. The molecular weight excluding hydrogens is 320 g/mol. The summed E-state index contributed by atoms with van der Waals surface area (Å²) < 4.78 is 10.7. The molecule has 0 bridgehead atoms. The van der Waals surface area contributed by atoms with Crippen molar-refractivity contribution in [3.05, 3.63) is 54.1 Å². The number of carbonyl (C=O) groups is 2. The minimum absolute atomic E-state index is 0.0960. The zero-order valence-electron chi connectivity index (χ0n) is 14.4. The summed E-state index contributed by atoms with van der Waals surface area (Å²) in [5, 5.41) is 5.32. The fraction of sp³-hybridized carbons (Fsp3) is 0.263. The molecule has 6 heteroatoms. The summed E-state index contributed by atoms with van der Waals surface area (Å²) in [5.74, 6) is 0.630. The molecular formula is C19H22N2O4. The second-order valence-electron chi connectivity index (χ2n) is 5.29. The van der Waals surface area contributed by atoms with Crippen molar-refractivity contribution in [2.45, 2.75) is 13.3 Å². The van der Waals surface area contributed by atoms with Crippen molar-refractivity contribution in [2.24, 2.45) is 0 Å². The highest BCUT2D eigenvalue weighted by molar-refractivity contribution is 5.95. The van der Waals surface area contributed by atoms with E-state index in [1.54, 1.807) is 18.2 Å². The van der Waals surface area contributed by atoms with Gasteiger partial charge in [-0.1, -0.05) is 30.3 Å². The molecule has 0 radical (unpaired) electrons. The zero-order valence-corrected chi connectivity index (χ0v) is 14.4. The normalized spacial score (nSPS) is 10.0. The number of anilines is 1. The topological polar surface area (TPSA) is 76.7 Å². The molecule has 2 amide bonds. The second-order valence-corrected chi connectivity index (χ2v) is 5.29. The number of methoxy groups -OCH3 is 1. The maximum Gasteiger partial charge on any atom is 0.243 e. The minimum Gasteiger partial charge on any atom is -0.493 e. The van der Waals surface area contributed by atoms with Gasteiger partial charge in [-0.2, -0.15) is 0 Å². The van der Waals surface area contributed by atoms with Crippen LogP contribution in [0.1, 0.15) is 12.5 Å². The van der Waals surface area contributed by atoms with Crippen LogP contribution in [-0.4, -0.2) is 32.1 Å². The molecule has 0 spiro atoms. The smallest absolute Gasteiger partial charge is 0.243 e. The fourth-order valence-electron chi connectivity index (χ4n) is 2.25. The van der Waals surface area contributed by atoms with Crippen LogP contribution < -0.4 is 20.1 Å². The van der Waals surface area contributed by atoms with Gasteiger partial charge >= 0.3 is 0 Å². The lowest BCUT2D eigenvalue weighted by atomic mass is 10.1. The molecule has 0 saturated heterocycles. The van der Waals surface area contributed by atoms with E-state index in [1.165, 1.54) is 7.11 Å². The maximum absolute atomic E-state index is 12.0. The van der Waals surface area contributed by atoms with Crippen LogP contribution in [0.15, 0.2) is 48.5 Å². The molecule has 0 aliphatic heterocycles. The number of benzene rings is 2. The fourth-order valence-corrected chi connectivity index (χ4v) is 2.25. The predicted octanol–water partition coefficient (Wildman–Crippen LogP) is 2.39. The molecule has 25 heavy (non-hydrogen) atoms. The highest BCUT2D eigenvalue weighted by Crippen LogP contribution is 2.30. The van der Waals surface area contributed by atoms with Crippen molar-refractivity contribution < 1.29 is 19.1 Å². The Bertz CT molecular complexity index is 717. The molecule has 2 aromatic carbocycles. The quantitative estimate of drug-likeness (QED) is 0.772. The van der Waals surface area contributed by atoms with Gasteiger partial charge < -0.3 is 20.1 Å². The van der Waals surface area contributed by atoms with Gasteiger partial charge in [-0.25, -0.2) is 0 Å². The van der Waals surface area contributed by atoms with E-state index >= 15 is 0 Å². The molecule has 0 unspecified atom stereocenters. The Morgan fingerprint density at radius 3 is 2.44 bits per heavy atom. The van der Waals surface area contributed by atoms with E-state index in [2.05, 4.69) is 10.6 Å². The summed E-state index contributed by atoms with van der Waals surface area (Å²) in [7, 11) is 1.53. The largest absolute Gasteiger partial charge is 0.493 e. The van der Waals surface area contributed by atoms with Crippen LogP contribution in [0.4, 0.5) is 5.69 Å². The molecule has 0 aromatic heterocycles. The first-order valence-electron chi connectivity index (χ1n) is 8.03. The lowest BCUT2D eigenvalue weighted by Gasteiger charge is -2.12. The van der Waals surface area contributed by atoms with E-state index in [9.17, 15) is 9.59 Å². The molecule has 6 nitrogen and oxygen atoms in total. The third kappa shape index (κ3) is 5.84. The van der Waals surface area contributed by atoms with Gasteiger partial charge in [0.1, 0.15) is 0 Å². The molecule has 0 aliphatic rings. The van der Waals surface area contributed by atoms with E-state index in [0.717, 1.165) is 5.56 Å². The Morgan fingerprint density at radius 2 is 1.76 bits per heavy atom. The van der Waals surface area contributed by atoms with Crippen LogP contribution in [0.5, 0.6) is 11.5 Å². The van der Waals surface area contributed by atoms with Gasteiger partial charge in [0.25, 0.3) is 0 Å². The minimum atomic E-state index is -0.312. The Kier molecular flexibility index (Phi) is 6.83. The average molecular weight is 342 g/mol. The maximum atomic E-state index is 12.0. The van der Waals surface area contributed by atoms with Crippen molar-refractivity contribution >= 4 is 17.5 Å². The SMILES string of the molecule is CCOc1ccc(NC(=O)CNC(=O)Cc2ccccc2)cc1OC. The summed E-state index contributed by atoms with van der Waals surface area (Å²) in [4.78, 5) is 23.8. The number of amides is 2. The first kappa shape index (κ1) is 18.3. The van der Waals surface area contributed by atoms with E-state index in [0.29, 0.717) is 23.8 Å². The van der Waals surface area contributed by atoms with Crippen molar-refractivity contribution in [2.75, 3.05) is 25.6 Å². The molecule has 2 N–H and O–H groups in total. The number of nitrogens with one attached hydrogen (secondary N) is 2. The highest BCUT2D eigenvalue weighted by atomic mass is 16.5. The van der Waals surface area contributed by atoms with E-state index in [1.807, 2.05) is 37.3 Å². The van der Waals surface area contributed by atoms with Gasteiger partial charge in [0.15, 0.2) is 11.5 Å². The number of rotatable bonds is 8. The van der Waals surface area contributed by atoms with Crippen molar-refractivity contribution in [1.82, 2.24) is 5.32 Å². The zero-order chi connectivity index (χ0) is 18.1. The monoisotopic (exact) mass is 342 g/mol. The molecule has 132 valence electrons. The van der Waals surface area contributed by atoms with Gasteiger partial charge in [0.2, 0.25) is 11.8 Å². The Hall–Kier alpha value is -3.02. The molecule has 0 atom stereocenters. The van der Waals surface area contributed by atoms with Crippen molar-refractivity contribution in [3.8, 4) is 11.5 Å². The Morgan fingerprint density at radius 1 is 1.00 bits per heavy atom. The summed E-state index contributed by atoms with van der Waals surface area (Å²) in [5.41, 5.74) is 1.47. The summed E-state index contributed by atoms with van der Waals surface area (Å²) in [6, 6.07) is 14.5. The summed E-state index contributed by atoms with van der Waals surface area (Å²) >= 11 is 0. The number of hydrogen-bond donors (Lipinski definition) is 2. The summed E-state index contributed by atoms with van der Waals surface area (Å²) in [6.07, 6.45) is 0.241. The van der Waals surface area contributed by atoms with Crippen LogP contribution in [0.2, 0.25) is 0 Å². The van der Waals surface area contributed by atoms with Crippen LogP contribution in [-0.2, 0) is 16.0 Å². The van der Waals surface area contributed by atoms with Crippen LogP contribution in [0, 0.1) is 0 Å². The van der Waals surface area contributed by atoms with E-state index in [4.69, 9.17) is 9.47 Å². The van der Waals surface area contributed by atoms with Gasteiger partial charge in [-0.3, -0.25) is 9.59 Å². The molecule has 0 heterocycles. The Labute approximate surface area is 147 Å². The molecule has 0 aliphatic carbocycles. The number of carbonyl (C=O) groups excluding carboxylic acids is 2. The number of ether oxygens (including phenoxy) is 2. The van der Waals surface area contributed by atoms with Crippen molar-refractivity contribution in [3.63, 3.8) is 0 Å². The lowest BCUT2D eigenvalue weighted by molar-refractivity contribution is -0.123. The van der Waals surface area contributed by atoms with E-state index in [-0.39, 0.29) is 24.8 Å². The third-order valence-corrected chi connectivity index (χ3v) is 3.40. The van der Waals surface area contributed by atoms with Crippen LogP contribution in [0.3, 0.4) is 0 Å². The first-order valence-corrected chi connectivity index (χ1v) is 8.03. The van der Waals surface area contributed by atoms with Crippen LogP contribution in [0.25, 0.3) is 0 Å². The molecule has 2 rings (SSSR count). The molecule has 0 fully saturated rings. The summed E-state index contributed by atoms with van der Waals surface area (Å²) in [6.45, 7) is 2.31. The predicted molar refractivity (Wildman–Crippen MR) is 95.9 cm³/mol. The van der Waals surface area contributed by atoms with Gasteiger partial charge in [0.05, 0.1) is 26.7 Å². The highest BCUT2D eigenvalue weighted by Gasteiger charge is 2.09. The second kappa shape index (κ2) is 9.32.